The fourth-order valence-corrected chi connectivity index (χ4v) is 14.5. The Balaban J connectivity index is 0.715. The van der Waals surface area contributed by atoms with Gasteiger partial charge in [-0.05, 0) is 13.0 Å². The molecule has 0 radical (unpaired) electrons. The molecule has 12 heterocycles. The van der Waals surface area contributed by atoms with Crippen molar-refractivity contribution in [2.24, 2.45) is 11.5 Å². The van der Waals surface area contributed by atoms with E-state index in [4.69, 9.17) is 45.9 Å². The van der Waals surface area contributed by atoms with Crippen molar-refractivity contribution in [3.63, 3.8) is 0 Å². The first-order valence-electron chi connectivity index (χ1n) is 44.6. The number of nitrogens with two attached hydrogens (primary N) is 8. The number of amides is 16. The predicted molar refractivity (Wildman–Crippen MR) is 512 cm³/mol. The molecule has 16 amide bonds. The van der Waals surface area contributed by atoms with E-state index < -0.39 is 286 Å². The zero-order chi connectivity index (χ0) is 107. The van der Waals surface area contributed by atoms with E-state index in [2.05, 4.69) is 127 Å². The van der Waals surface area contributed by atoms with Crippen molar-refractivity contribution in [2.75, 3.05) is 185 Å². The summed E-state index contributed by atoms with van der Waals surface area (Å²) in [5, 5.41) is 20.3. The lowest BCUT2D eigenvalue weighted by molar-refractivity contribution is -0.138. The minimum atomic E-state index is -1.02. The fourth-order valence-electron chi connectivity index (χ4n) is 14.5. The van der Waals surface area contributed by atoms with Crippen LogP contribution in [0.5, 0.6) is 0 Å². The lowest BCUT2D eigenvalue weighted by Gasteiger charge is -2.26. The Hall–Kier alpha value is -19.8. The fraction of sp³-hybridized carbons (Fsp3) is 0.388. The number of nitrogens with one attached hydrogen (secondary N) is 11. The zero-order valence-corrected chi connectivity index (χ0v) is 78.8. The van der Waals surface area contributed by atoms with Crippen LogP contribution in [0.2, 0.25) is 0 Å². The van der Waals surface area contributed by atoms with Crippen LogP contribution in [0.3, 0.4) is 0 Å². The third-order valence-electron chi connectivity index (χ3n) is 21.9. The molecule has 68 heteroatoms. The number of aromatic amines is 3. The van der Waals surface area contributed by atoms with E-state index >= 15 is 0 Å². The molecular weight excluding hydrogens is 1960 g/mol. The number of rotatable bonds is 52. The number of H-pyrrole nitrogens is 3. The van der Waals surface area contributed by atoms with E-state index in [1.165, 1.54) is 51.9 Å². The number of nitrogen functional groups attached to an aromatic ring is 6. The number of nitrogens with zero attached hydrogens (tertiary/aromatic N) is 28. The average Bonchev–Trinajstić information content (AvgIpc) is 1.64. The average molecular weight is 2060 g/mol. The Morgan fingerprint density at radius 2 is 0.588 bits per heavy atom. The van der Waals surface area contributed by atoms with Gasteiger partial charge >= 0.3 is 11.4 Å². The monoisotopic (exact) mass is 2060 g/mol. The molecule has 0 saturated heterocycles. The third-order valence-corrected chi connectivity index (χ3v) is 21.9. The second-order valence-electron chi connectivity index (χ2n) is 32.5. The molecule has 0 atom stereocenters. The number of hydrogen-bond donors (Lipinski definition) is 19. The molecule has 12 aromatic rings. The molecule has 68 nitrogen and oxygen atoms in total. The van der Waals surface area contributed by atoms with Gasteiger partial charge in [0.15, 0.2) is 56.7 Å². The maximum atomic E-state index is 14.6. The molecule has 0 bridgehead atoms. The van der Waals surface area contributed by atoms with Crippen molar-refractivity contribution in [1.29, 1.82) is 0 Å². The van der Waals surface area contributed by atoms with E-state index in [1.54, 1.807) is 0 Å². The quantitative estimate of drug-likeness (QED) is 0.0168. The van der Waals surface area contributed by atoms with Crippen LogP contribution in [0.1, 0.15) is 5.56 Å². The molecule has 0 spiro atoms. The second-order valence-corrected chi connectivity index (χ2v) is 32.5. The van der Waals surface area contributed by atoms with E-state index in [0.717, 1.165) is 90.4 Å². The van der Waals surface area contributed by atoms with Crippen molar-refractivity contribution in [3.8, 4) is 0 Å². The topological polar surface area (TPSA) is 948 Å². The maximum absolute atomic E-state index is 14.6. The summed E-state index contributed by atoms with van der Waals surface area (Å²) in [6.45, 7) is -15.0. The molecule has 0 aromatic carbocycles. The highest BCUT2D eigenvalue weighted by Gasteiger charge is 2.31. The molecule has 0 saturated carbocycles. The van der Waals surface area contributed by atoms with Gasteiger partial charge in [-0.2, -0.15) is 15.0 Å². The predicted octanol–water partition coefficient (Wildman–Crippen LogP) is -16.4. The van der Waals surface area contributed by atoms with Crippen LogP contribution in [0.4, 0.5) is 35.2 Å². The van der Waals surface area contributed by atoms with Crippen LogP contribution in [0.15, 0.2) is 93.1 Å². The van der Waals surface area contributed by atoms with E-state index in [9.17, 15) is 101 Å². The van der Waals surface area contributed by atoms with Gasteiger partial charge in [0, 0.05) is 110 Å². The van der Waals surface area contributed by atoms with Crippen molar-refractivity contribution >= 4 is 186 Å². The van der Waals surface area contributed by atoms with Gasteiger partial charge in [-0.15, -0.1) is 0 Å². The van der Waals surface area contributed by atoms with Crippen LogP contribution in [-0.2, 0) is 123 Å². The summed E-state index contributed by atoms with van der Waals surface area (Å²) in [5.41, 5.74) is 41.9. The Labute approximate surface area is 828 Å². The third kappa shape index (κ3) is 29.0. The number of aryl methyl sites for hydroxylation is 1. The summed E-state index contributed by atoms with van der Waals surface area (Å²) in [7, 11) is 0. The van der Waals surface area contributed by atoms with Gasteiger partial charge in [-0.1, -0.05) is 0 Å². The maximum Gasteiger partial charge on any atom is 0.349 e. The van der Waals surface area contributed by atoms with Crippen LogP contribution in [0.25, 0.3) is 55.8 Å². The Morgan fingerprint density at radius 3 is 0.878 bits per heavy atom. The first-order valence-corrected chi connectivity index (χ1v) is 44.6. The number of aromatic nitrogens is 24. The number of anilines is 6. The smallest absolute Gasteiger partial charge is 0.349 e. The van der Waals surface area contributed by atoms with Crippen LogP contribution >= 0.6 is 0 Å². The molecule has 0 unspecified atom stereocenters. The lowest BCUT2D eigenvalue weighted by atomic mass is 10.3. The van der Waals surface area contributed by atoms with Gasteiger partial charge in [-0.25, -0.2) is 64.4 Å². The van der Waals surface area contributed by atoms with Crippen LogP contribution in [0, 0.1) is 6.92 Å². The second kappa shape index (κ2) is 49.5. The molecule has 27 N–H and O–H groups in total. The van der Waals surface area contributed by atoms with E-state index in [-0.39, 0.29) is 129 Å². The molecular formula is C80H101N47O21. The lowest BCUT2D eigenvalue weighted by Crippen LogP contribution is -2.50. The first kappa shape index (κ1) is 107. The number of carbonyl (C=O) groups excluding carboxylic acids is 16. The summed E-state index contributed by atoms with van der Waals surface area (Å²) in [6, 6.07) is 1.27. The largest absolute Gasteiger partial charge is 0.383 e. The highest BCUT2D eigenvalue weighted by Crippen LogP contribution is 2.19. The highest BCUT2D eigenvalue weighted by molar-refractivity contribution is 5.93. The minimum Gasteiger partial charge on any atom is -0.383 e. The summed E-state index contributed by atoms with van der Waals surface area (Å²) >= 11 is 0. The molecule has 0 aliphatic carbocycles. The van der Waals surface area contributed by atoms with Crippen molar-refractivity contribution in [1.82, 2.24) is 194 Å². The Kier molecular flexibility index (Phi) is 35.8. The van der Waals surface area contributed by atoms with Gasteiger partial charge < -0.3 is 146 Å². The van der Waals surface area contributed by atoms with Gasteiger partial charge in [-0.3, -0.25) is 115 Å². The molecule has 148 heavy (non-hydrogen) atoms. The standard InChI is InChI=1S/C80H101N47O21/c1-43-20-122(80(148)113-74(43)144)29-55(138)115(22-48(131)95-9-17-120(27-53(136)96-19-45(83)128)60(143)34-127-42-107-65-73(127)110-78(88)112-76(65)146)12-4-90-52(135)26-119(59(142)33-126-41-106-64-72(126)109-77(87)111-75(64)145)16-8-94-51(134)25-118(58(141)32-125-40-105-63-68(86)99-37-102-71(63)125)15-7-93-50(133)24-117(57(140)31-124-39-104-62-67(85)98-36-101-70(62)124)14-6-92-49(132)23-116(56(139)30-123-38-103-61-66(84)97-35-100-69(61)123)13-5-91-47(130)21-114(11-3-89-46(129)18-81)54(137)28-121-10-2-44(82)108-79(121)147/h2,10,20,35-42H,3-9,11-19,21-34,81H2,1H3,(H2,83,128)(H,89,129)(H,90,135)(H,91,130)(H,92,132)(H,93,133)(H,94,134)(H,95,131)(H,96,136)(H2,82,108,147)(H2,84,97,100)(H2,85,98,101)(H2,86,99,102)(H,113,144,148)(H3,87,109,111,145)(H3,88,110,112,146). The molecule has 782 valence electrons. The highest BCUT2D eigenvalue weighted by atomic mass is 16.2. The number of carbonyl (C=O) groups is 16. The number of fused-ring (bicyclic) bond motifs is 5. The summed E-state index contributed by atoms with van der Waals surface area (Å²) in [6.07, 6.45) is 11.6. The van der Waals surface area contributed by atoms with Crippen molar-refractivity contribution < 1.29 is 76.7 Å². The number of primary amides is 1. The minimum absolute atomic E-state index is 0.0121. The normalized spacial score (nSPS) is 11.1. The summed E-state index contributed by atoms with van der Waals surface area (Å²) in [5.74, 6) is -14.2. The van der Waals surface area contributed by atoms with Crippen LogP contribution in [-0.4, -0.2) is 396 Å². The molecule has 0 aliphatic heterocycles. The van der Waals surface area contributed by atoms with Crippen molar-refractivity contribution in [2.45, 2.75) is 52.7 Å². The molecule has 12 rings (SSSR count). The molecule has 12 aromatic heterocycles. The van der Waals surface area contributed by atoms with Gasteiger partial charge in [0.1, 0.15) is 87.2 Å². The zero-order valence-electron chi connectivity index (χ0n) is 78.8. The Morgan fingerprint density at radius 1 is 0.318 bits per heavy atom. The molecule has 0 fully saturated rings. The molecule has 0 aliphatic rings. The first-order chi connectivity index (χ1) is 70.7. The van der Waals surface area contributed by atoms with Gasteiger partial charge in [0.2, 0.25) is 106 Å². The summed E-state index contributed by atoms with van der Waals surface area (Å²) < 4.78 is 7.99. The Bertz CT molecular complexity index is 7390. The van der Waals surface area contributed by atoms with E-state index in [1.807, 2.05) is 0 Å². The van der Waals surface area contributed by atoms with Crippen LogP contribution < -0.4 is 116 Å². The van der Waals surface area contributed by atoms with Gasteiger partial charge in [0.05, 0.1) is 90.5 Å². The number of imidazole rings is 5. The van der Waals surface area contributed by atoms with Gasteiger partial charge in [0.25, 0.3) is 16.7 Å². The SMILES string of the molecule is Cc1cn(CC(=O)N(CCNC(=O)CN(CCNC(=O)CN(CCNC(=O)CN(CCNC(=O)CN(CCNC(=O)CN(CCNC(=O)CN)C(=O)Cn2ccc(N)nc2=O)C(=O)Cn2cnc3c(N)ncnc32)C(=O)Cn2cnc3c(N)ncnc32)C(=O)Cn2cnc3c(N)ncnc32)C(=O)Cn2cnc3c(=O)[nH]c(N)nc32)CC(=O)NCCN(CC(=O)NCC(N)=O)C(=O)Cn2cnc3c(=O)[nH]c(N)nc32)c(=O)[nH]c1=O. The van der Waals surface area contributed by atoms with E-state index in [0.29, 0.717) is 0 Å². The van der Waals surface area contributed by atoms with Crippen molar-refractivity contribution in [3.05, 3.63) is 127 Å². The number of hydrogen-bond acceptors (Lipinski definition) is 42. The summed E-state index contributed by atoms with van der Waals surface area (Å²) in [4.78, 5) is 355.